The molecular weight excluding hydrogens is 252 g/mol. The normalized spacial score (nSPS) is 20.1. The Morgan fingerprint density at radius 2 is 2.06 bits per heavy atom. The van der Waals surface area contributed by atoms with Crippen LogP contribution >= 0.6 is 0 Å². The second-order valence-corrected chi connectivity index (χ2v) is 6.41. The molecule has 100 valence electrons. The van der Waals surface area contributed by atoms with Crippen molar-refractivity contribution in [3.63, 3.8) is 0 Å². The van der Waals surface area contributed by atoms with Gasteiger partial charge in [-0.1, -0.05) is 12.1 Å². The minimum atomic E-state index is -3.25. The van der Waals surface area contributed by atoms with Crippen LogP contribution in [-0.4, -0.2) is 31.9 Å². The summed E-state index contributed by atoms with van der Waals surface area (Å²) in [4.78, 5) is 0. The summed E-state index contributed by atoms with van der Waals surface area (Å²) < 4.78 is 26.2. The number of sulfonamides is 1. The van der Waals surface area contributed by atoms with E-state index in [1.165, 1.54) is 0 Å². The van der Waals surface area contributed by atoms with Crippen LogP contribution in [-0.2, 0) is 16.6 Å². The summed E-state index contributed by atoms with van der Waals surface area (Å²) in [6.07, 6.45) is 1.96. The van der Waals surface area contributed by atoms with Crippen LogP contribution in [0.1, 0.15) is 18.4 Å². The van der Waals surface area contributed by atoms with Crippen LogP contribution in [0.15, 0.2) is 24.3 Å². The summed E-state index contributed by atoms with van der Waals surface area (Å²) in [6.45, 7) is 1.16. The second-order valence-electron chi connectivity index (χ2n) is 4.56. The molecule has 18 heavy (non-hydrogen) atoms. The van der Waals surface area contributed by atoms with Gasteiger partial charge >= 0.3 is 0 Å². The number of phenolic OH excluding ortho intramolecular Hbond substituents is 1. The van der Waals surface area contributed by atoms with Crippen LogP contribution in [0.25, 0.3) is 0 Å². The molecule has 1 fully saturated rings. The molecule has 5 nitrogen and oxygen atoms in total. The number of nitrogens with one attached hydrogen (secondary N) is 2. The van der Waals surface area contributed by atoms with Crippen LogP contribution in [0.5, 0.6) is 5.75 Å². The summed E-state index contributed by atoms with van der Waals surface area (Å²) in [5.41, 5.74) is 0.829. The maximum Gasteiger partial charge on any atom is 0.213 e. The molecule has 1 unspecified atom stereocenters. The van der Waals surface area contributed by atoms with E-state index in [9.17, 15) is 8.42 Å². The largest absolute Gasteiger partial charge is 0.508 e. The van der Waals surface area contributed by atoms with Crippen LogP contribution < -0.4 is 10.0 Å². The van der Waals surface area contributed by atoms with Crippen LogP contribution in [0.4, 0.5) is 0 Å². The van der Waals surface area contributed by atoms with Gasteiger partial charge in [-0.3, -0.25) is 0 Å². The van der Waals surface area contributed by atoms with Gasteiger partial charge in [-0.15, -0.1) is 0 Å². The lowest BCUT2D eigenvalue weighted by atomic mass is 10.2. The molecule has 0 radical (unpaired) electrons. The molecule has 0 amide bonds. The fraction of sp³-hybridized carbons (Fsp3) is 0.500. The molecule has 1 aromatic rings. The number of hydrogen-bond acceptors (Lipinski definition) is 4. The molecule has 0 spiro atoms. The zero-order valence-electron chi connectivity index (χ0n) is 10.1. The minimum Gasteiger partial charge on any atom is -0.508 e. The fourth-order valence-corrected chi connectivity index (χ4v) is 3.35. The Labute approximate surface area is 107 Å². The number of phenols is 1. The first kappa shape index (κ1) is 13.3. The number of rotatable bonds is 5. The highest BCUT2D eigenvalue weighted by Gasteiger charge is 2.21. The third-order valence-electron chi connectivity index (χ3n) is 3.02. The van der Waals surface area contributed by atoms with Gasteiger partial charge in [0.25, 0.3) is 0 Å². The minimum absolute atomic E-state index is 0.0716. The highest BCUT2D eigenvalue weighted by atomic mass is 32.2. The van der Waals surface area contributed by atoms with Crippen molar-refractivity contribution in [3.05, 3.63) is 29.8 Å². The van der Waals surface area contributed by atoms with Crippen molar-refractivity contribution in [2.75, 3.05) is 12.3 Å². The van der Waals surface area contributed by atoms with E-state index in [0.717, 1.165) is 24.9 Å². The van der Waals surface area contributed by atoms with E-state index in [4.69, 9.17) is 5.11 Å². The van der Waals surface area contributed by atoms with E-state index < -0.39 is 10.0 Å². The molecule has 0 saturated carbocycles. The van der Waals surface area contributed by atoms with Gasteiger partial charge in [-0.2, -0.15) is 0 Å². The Morgan fingerprint density at radius 1 is 1.33 bits per heavy atom. The van der Waals surface area contributed by atoms with Gasteiger partial charge in [0.2, 0.25) is 10.0 Å². The number of aromatic hydroxyl groups is 1. The predicted molar refractivity (Wildman–Crippen MR) is 69.8 cm³/mol. The first-order valence-corrected chi connectivity index (χ1v) is 7.69. The number of hydrogen-bond donors (Lipinski definition) is 3. The standard InChI is InChI=1S/C12H18N2O3S/c15-12-5-3-10(4-6-12)8-14-18(16,17)9-11-2-1-7-13-11/h3-6,11,13-15H,1-2,7-9H2. The summed E-state index contributed by atoms with van der Waals surface area (Å²) >= 11 is 0. The summed E-state index contributed by atoms with van der Waals surface area (Å²) in [5.74, 6) is 0.308. The molecule has 0 aromatic heterocycles. The van der Waals surface area contributed by atoms with Crippen LogP contribution in [0, 0.1) is 0 Å². The van der Waals surface area contributed by atoms with E-state index in [2.05, 4.69) is 10.0 Å². The lowest BCUT2D eigenvalue weighted by Gasteiger charge is -2.11. The highest BCUT2D eigenvalue weighted by Crippen LogP contribution is 2.10. The third-order valence-corrected chi connectivity index (χ3v) is 4.44. The molecule has 1 aliphatic heterocycles. The fourth-order valence-electron chi connectivity index (χ4n) is 2.03. The van der Waals surface area contributed by atoms with E-state index in [1.807, 2.05) is 0 Å². The molecule has 1 aromatic carbocycles. The van der Waals surface area contributed by atoms with E-state index in [1.54, 1.807) is 24.3 Å². The molecule has 0 bridgehead atoms. The van der Waals surface area contributed by atoms with Gasteiger partial charge in [-0.05, 0) is 37.1 Å². The summed E-state index contributed by atoms with van der Waals surface area (Å²) in [5, 5.41) is 12.3. The Kier molecular flexibility index (Phi) is 4.21. The average Bonchev–Trinajstić information content (AvgIpc) is 2.80. The van der Waals surface area contributed by atoms with Gasteiger partial charge in [0.1, 0.15) is 5.75 Å². The van der Waals surface area contributed by atoms with Crippen molar-refractivity contribution in [2.24, 2.45) is 0 Å². The monoisotopic (exact) mass is 270 g/mol. The summed E-state index contributed by atoms with van der Waals surface area (Å²) in [6, 6.07) is 6.56. The van der Waals surface area contributed by atoms with Gasteiger partial charge in [0.05, 0.1) is 5.75 Å². The maximum absolute atomic E-state index is 11.8. The van der Waals surface area contributed by atoms with Gasteiger partial charge in [0.15, 0.2) is 0 Å². The lowest BCUT2D eigenvalue weighted by Crippen LogP contribution is -2.36. The smallest absolute Gasteiger partial charge is 0.213 e. The summed E-state index contributed by atoms with van der Waals surface area (Å²) in [7, 11) is -3.25. The molecule has 1 aliphatic rings. The average molecular weight is 270 g/mol. The zero-order valence-corrected chi connectivity index (χ0v) is 10.9. The third kappa shape index (κ3) is 3.97. The van der Waals surface area contributed by atoms with Crippen molar-refractivity contribution >= 4 is 10.0 Å². The van der Waals surface area contributed by atoms with Crippen molar-refractivity contribution < 1.29 is 13.5 Å². The molecule has 1 heterocycles. The zero-order chi connectivity index (χ0) is 13.0. The molecule has 2 rings (SSSR count). The van der Waals surface area contributed by atoms with E-state index >= 15 is 0 Å². The van der Waals surface area contributed by atoms with E-state index in [-0.39, 0.29) is 24.1 Å². The Bertz CT molecular complexity index is 479. The molecule has 3 N–H and O–H groups in total. The predicted octanol–water partition coefficient (Wildman–Crippen LogP) is 0.564. The maximum atomic E-state index is 11.8. The van der Waals surface area contributed by atoms with Gasteiger partial charge in [0, 0.05) is 12.6 Å². The van der Waals surface area contributed by atoms with Gasteiger partial charge in [-0.25, -0.2) is 13.1 Å². The lowest BCUT2D eigenvalue weighted by molar-refractivity contribution is 0.475. The van der Waals surface area contributed by atoms with Crippen LogP contribution in [0.2, 0.25) is 0 Å². The quantitative estimate of drug-likeness (QED) is 0.730. The van der Waals surface area contributed by atoms with Crippen molar-refractivity contribution in [1.82, 2.24) is 10.0 Å². The van der Waals surface area contributed by atoms with Crippen molar-refractivity contribution in [3.8, 4) is 5.75 Å². The van der Waals surface area contributed by atoms with Crippen molar-refractivity contribution in [1.29, 1.82) is 0 Å². The Hall–Kier alpha value is -1.11. The second kappa shape index (κ2) is 5.69. The first-order valence-electron chi connectivity index (χ1n) is 6.04. The molecule has 6 heteroatoms. The van der Waals surface area contributed by atoms with Gasteiger partial charge < -0.3 is 10.4 Å². The molecule has 0 aliphatic carbocycles. The topological polar surface area (TPSA) is 78.4 Å². The van der Waals surface area contributed by atoms with E-state index in [0.29, 0.717) is 0 Å². The number of benzene rings is 1. The molecular formula is C12H18N2O3S. The first-order chi connectivity index (χ1) is 8.55. The molecule has 1 atom stereocenters. The van der Waals surface area contributed by atoms with Crippen molar-refractivity contribution in [2.45, 2.75) is 25.4 Å². The Morgan fingerprint density at radius 3 is 2.67 bits per heavy atom. The highest BCUT2D eigenvalue weighted by molar-refractivity contribution is 7.89. The molecule has 1 saturated heterocycles. The SMILES string of the molecule is O=S(=O)(CC1CCCN1)NCc1ccc(O)cc1. The Balaban J connectivity index is 1.86. The van der Waals surface area contributed by atoms with Crippen LogP contribution in [0.3, 0.4) is 0 Å².